The Kier molecular flexibility index (Phi) is 4.45. The normalized spacial score (nSPS) is 31.7. The highest BCUT2D eigenvalue weighted by atomic mass is 127. The number of halogens is 10. The molecule has 18 heavy (non-hydrogen) atoms. The molecule has 0 bridgehead atoms. The second-order valence-corrected chi connectivity index (χ2v) is 6.26. The number of alkyl halides is 10. The highest BCUT2D eigenvalue weighted by Gasteiger charge is 2.76. The van der Waals surface area contributed by atoms with E-state index in [-0.39, 0.29) is 22.6 Å². The summed E-state index contributed by atoms with van der Waals surface area (Å²) in [6.07, 6.45) is -1.95. The van der Waals surface area contributed by atoms with Gasteiger partial charge in [-0.25, -0.2) is 0 Å². The molecule has 2 atom stereocenters. The fourth-order valence-corrected chi connectivity index (χ4v) is 3.44. The molecule has 0 aliphatic heterocycles. The van der Waals surface area contributed by atoms with Gasteiger partial charge < -0.3 is 0 Å². The van der Waals surface area contributed by atoms with Crippen molar-refractivity contribution < 1.29 is 35.1 Å². The van der Waals surface area contributed by atoms with Crippen LogP contribution in [0.25, 0.3) is 0 Å². The molecule has 1 aliphatic carbocycles. The van der Waals surface area contributed by atoms with Crippen molar-refractivity contribution in [1.29, 1.82) is 0 Å². The summed E-state index contributed by atoms with van der Waals surface area (Å²) in [6, 6.07) is 0. The highest BCUT2D eigenvalue weighted by molar-refractivity contribution is 14.1. The molecule has 0 aromatic rings. The van der Waals surface area contributed by atoms with Crippen LogP contribution in [0, 0.1) is 11.8 Å². The van der Waals surface area contributed by atoms with Gasteiger partial charge in [0.2, 0.25) is 0 Å². The van der Waals surface area contributed by atoms with Crippen LogP contribution in [0.15, 0.2) is 0 Å². The first-order valence-electron chi connectivity index (χ1n) is 4.55. The summed E-state index contributed by atoms with van der Waals surface area (Å²) in [7, 11) is 0. The quantitative estimate of drug-likeness (QED) is 0.287. The maximum absolute atomic E-state index is 13.3. The van der Waals surface area contributed by atoms with Crippen molar-refractivity contribution >= 4 is 45.2 Å². The lowest BCUT2D eigenvalue weighted by Crippen LogP contribution is -2.46. The Labute approximate surface area is 124 Å². The SMILES string of the molecule is FC(F)(I)C(F)(F)[C@@H]1CC(F)(F)C(F)(F)[C@@H]1CI. The summed E-state index contributed by atoms with van der Waals surface area (Å²) >= 11 is 1.30. The maximum Gasteiger partial charge on any atom is 0.358 e. The Hall–Kier alpha value is 0.900. The number of rotatable bonds is 3. The summed E-state index contributed by atoms with van der Waals surface area (Å²) in [5.74, 6) is -19.6. The van der Waals surface area contributed by atoms with Crippen molar-refractivity contribution in [2.75, 3.05) is 4.43 Å². The second kappa shape index (κ2) is 4.72. The molecule has 0 unspecified atom stereocenters. The lowest BCUT2D eigenvalue weighted by molar-refractivity contribution is -0.207. The standard InChI is InChI=1S/C8H6F8I2/c9-5(10)1-3(4(2-17)6(5,11)12)7(13,14)8(15,16)18/h3-4H,1-2H2/t3-,4-/m1/s1. The van der Waals surface area contributed by atoms with Crippen molar-refractivity contribution in [3.8, 4) is 0 Å². The molecule has 0 spiro atoms. The van der Waals surface area contributed by atoms with E-state index < -0.39 is 44.4 Å². The minimum absolute atomic E-state index is 0.0835. The highest BCUT2D eigenvalue weighted by Crippen LogP contribution is 2.61. The third-order valence-corrected chi connectivity index (χ3v) is 4.59. The predicted octanol–water partition coefficient (Wildman–Crippen LogP) is 4.99. The first-order valence-corrected chi connectivity index (χ1v) is 7.15. The molecule has 0 radical (unpaired) electrons. The van der Waals surface area contributed by atoms with Gasteiger partial charge in [-0.15, -0.1) is 0 Å². The maximum atomic E-state index is 13.3. The average molecular weight is 508 g/mol. The monoisotopic (exact) mass is 508 g/mol. The van der Waals surface area contributed by atoms with Gasteiger partial charge in [-0.3, -0.25) is 0 Å². The molecular weight excluding hydrogens is 502 g/mol. The van der Waals surface area contributed by atoms with E-state index in [4.69, 9.17) is 0 Å². The lowest BCUT2D eigenvalue weighted by atomic mass is 9.90. The third-order valence-electron chi connectivity index (χ3n) is 2.93. The predicted molar refractivity (Wildman–Crippen MR) is 64.3 cm³/mol. The zero-order valence-corrected chi connectivity index (χ0v) is 12.7. The van der Waals surface area contributed by atoms with Gasteiger partial charge >= 0.3 is 21.7 Å². The van der Waals surface area contributed by atoms with Crippen molar-refractivity contribution in [3.05, 3.63) is 0 Å². The molecule has 1 rings (SSSR count). The van der Waals surface area contributed by atoms with Crippen LogP contribution < -0.4 is 0 Å². The summed E-state index contributed by atoms with van der Waals surface area (Å²) in [5.41, 5.74) is 0. The Bertz CT molecular complexity index is 324. The molecule has 10 heteroatoms. The van der Waals surface area contributed by atoms with E-state index in [2.05, 4.69) is 0 Å². The van der Waals surface area contributed by atoms with E-state index >= 15 is 0 Å². The minimum atomic E-state index is -4.91. The van der Waals surface area contributed by atoms with Crippen LogP contribution in [0.5, 0.6) is 0 Å². The van der Waals surface area contributed by atoms with Crippen LogP contribution in [-0.2, 0) is 0 Å². The van der Waals surface area contributed by atoms with E-state index in [1.807, 2.05) is 0 Å². The second-order valence-electron chi connectivity index (χ2n) is 4.02. The van der Waals surface area contributed by atoms with Gasteiger partial charge in [-0.2, -0.15) is 35.1 Å². The van der Waals surface area contributed by atoms with E-state index in [0.717, 1.165) is 0 Å². The van der Waals surface area contributed by atoms with Gasteiger partial charge in [-0.05, 0) is 0 Å². The van der Waals surface area contributed by atoms with Crippen LogP contribution in [0.1, 0.15) is 6.42 Å². The number of hydrogen-bond donors (Lipinski definition) is 0. The molecule has 1 saturated carbocycles. The first-order chi connectivity index (χ1) is 7.79. The van der Waals surface area contributed by atoms with E-state index in [0.29, 0.717) is 0 Å². The van der Waals surface area contributed by atoms with Gasteiger partial charge in [0.1, 0.15) is 0 Å². The van der Waals surface area contributed by atoms with Crippen LogP contribution in [0.4, 0.5) is 35.1 Å². The van der Waals surface area contributed by atoms with Gasteiger partial charge in [0.25, 0.3) is 0 Å². The van der Waals surface area contributed by atoms with Crippen molar-refractivity contribution in [2.24, 2.45) is 11.8 Å². The molecule has 108 valence electrons. The Morgan fingerprint density at radius 1 is 1.06 bits per heavy atom. The molecule has 0 saturated heterocycles. The molecular formula is C8H6F8I2. The topological polar surface area (TPSA) is 0 Å². The first kappa shape index (κ1) is 17.0. The third kappa shape index (κ3) is 2.43. The van der Waals surface area contributed by atoms with E-state index in [1.54, 1.807) is 0 Å². The Morgan fingerprint density at radius 3 is 1.83 bits per heavy atom. The van der Waals surface area contributed by atoms with Crippen molar-refractivity contribution in [3.63, 3.8) is 0 Å². The molecule has 0 heterocycles. The smallest absolute Gasteiger partial charge is 0.200 e. The lowest BCUT2D eigenvalue weighted by Gasteiger charge is -2.31. The molecule has 0 amide bonds. The van der Waals surface area contributed by atoms with Crippen molar-refractivity contribution in [1.82, 2.24) is 0 Å². The zero-order chi connectivity index (χ0) is 14.6. The summed E-state index contributed by atoms with van der Waals surface area (Å²) in [6.45, 7) is 0. The van der Waals surface area contributed by atoms with Gasteiger partial charge in [0.05, 0.1) is 0 Å². The van der Waals surface area contributed by atoms with E-state index in [9.17, 15) is 35.1 Å². The van der Waals surface area contributed by atoms with Crippen LogP contribution in [-0.4, -0.2) is 26.1 Å². The van der Waals surface area contributed by atoms with Gasteiger partial charge in [0, 0.05) is 45.3 Å². The molecule has 1 fully saturated rings. The van der Waals surface area contributed by atoms with Gasteiger partial charge in [0.15, 0.2) is 0 Å². The number of hydrogen-bond acceptors (Lipinski definition) is 0. The van der Waals surface area contributed by atoms with Gasteiger partial charge in [-0.1, -0.05) is 22.6 Å². The summed E-state index contributed by atoms with van der Waals surface area (Å²) in [5, 5.41) is 0. The van der Waals surface area contributed by atoms with Crippen molar-refractivity contribution in [2.45, 2.75) is 28.1 Å². The van der Waals surface area contributed by atoms with Crippen LogP contribution in [0.3, 0.4) is 0 Å². The largest absolute Gasteiger partial charge is 0.358 e. The average Bonchev–Trinajstić information content (AvgIpc) is 2.32. The summed E-state index contributed by atoms with van der Waals surface area (Å²) in [4.78, 5) is 0. The Morgan fingerprint density at radius 2 is 1.50 bits per heavy atom. The zero-order valence-electron chi connectivity index (χ0n) is 8.35. The molecule has 0 aromatic heterocycles. The molecule has 1 aliphatic rings. The molecule has 0 N–H and O–H groups in total. The summed E-state index contributed by atoms with van der Waals surface area (Å²) < 4.78 is 99.1. The molecule has 0 aromatic carbocycles. The van der Waals surface area contributed by atoms with Crippen LogP contribution in [0.2, 0.25) is 0 Å². The fourth-order valence-electron chi connectivity index (χ4n) is 1.87. The van der Waals surface area contributed by atoms with E-state index in [1.165, 1.54) is 22.6 Å². The Balaban J connectivity index is 3.20. The fraction of sp³-hybridized carbons (Fsp3) is 1.00. The minimum Gasteiger partial charge on any atom is -0.200 e. The van der Waals surface area contributed by atoms with Crippen LogP contribution >= 0.6 is 45.2 Å². The molecule has 0 nitrogen and oxygen atoms in total.